The van der Waals surface area contributed by atoms with Gasteiger partial charge in [-0.15, -0.1) is 0 Å². The molecule has 0 heterocycles. The largest absolute Gasteiger partial charge is 0.398 e. The van der Waals surface area contributed by atoms with Gasteiger partial charge in [0.2, 0.25) is 0 Å². The Morgan fingerprint density at radius 2 is 2.00 bits per heavy atom. The Hall–Kier alpha value is -1.17. The zero-order chi connectivity index (χ0) is 11.4. The van der Waals surface area contributed by atoms with Crippen molar-refractivity contribution in [2.24, 2.45) is 5.73 Å². The highest BCUT2D eigenvalue weighted by Crippen LogP contribution is 2.24. The summed E-state index contributed by atoms with van der Waals surface area (Å²) in [5.74, 6) is -0.475. The molecule has 2 unspecified atom stereocenters. The first kappa shape index (κ1) is 11.9. The van der Waals surface area contributed by atoms with Crippen molar-refractivity contribution in [1.29, 1.82) is 0 Å². The number of nitrogens with two attached hydrogens (primary N) is 2. The molecule has 0 aliphatic heterocycles. The average Bonchev–Trinajstić information content (AvgIpc) is 2.17. The highest BCUT2D eigenvalue weighted by molar-refractivity contribution is 5.48. The molecule has 0 fully saturated rings. The summed E-state index contributed by atoms with van der Waals surface area (Å²) in [4.78, 5) is 0. The number of nitrogen functional groups attached to an aromatic ring is 1. The van der Waals surface area contributed by atoms with E-state index >= 15 is 0 Å². The van der Waals surface area contributed by atoms with Gasteiger partial charge in [-0.05, 0) is 25.1 Å². The quantitative estimate of drug-likeness (QED) is 0.537. The second-order valence-corrected chi connectivity index (χ2v) is 3.36. The maximum Gasteiger partial charge on any atom is 0.125 e. The molecule has 0 aliphatic rings. The average molecular weight is 214 g/mol. The number of rotatable bonds is 4. The van der Waals surface area contributed by atoms with Gasteiger partial charge < -0.3 is 21.7 Å². The minimum absolute atomic E-state index is 0.124. The van der Waals surface area contributed by atoms with Crippen molar-refractivity contribution < 1.29 is 14.6 Å². The Morgan fingerprint density at radius 3 is 2.53 bits per heavy atom. The summed E-state index contributed by atoms with van der Waals surface area (Å²) < 4.78 is 12.7. The maximum absolute atomic E-state index is 12.7. The van der Waals surface area contributed by atoms with Crippen molar-refractivity contribution in [2.45, 2.75) is 18.6 Å². The van der Waals surface area contributed by atoms with Gasteiger partial charge in [0.05, 0.1) is 6.10 Å². The molecular weight excluding hydrogens is 199 g/mol. The molecule has 1 aromatic carbocycles. The highest BCUT2D eigenvalue weighted by atomic mass is 19.1. The van der Waals surface area contributed by atoms with E-state index in [0.29, 0.717) is 5.56 Å². The Balaban J connectivity index is 2.86. The maximum atomic E-state index is 12.7. The van der Waals surface area contributed by atoms with E-state index in [4.69, 9.17) is 11.5 Å². The summed E-state index contributed by atoms with van der Waals surface area (Å²) in [6.45, 7) is 0.263. The molecule has 2 atom stereocenters. The van der Waals surface area contributed by atoms with E-state index in [1.807, 2.05) is 0 Å². The van der Waals surface area contributed by atoms with Crippen LogP contribution in [0.2, 0.25) is 0 Å². The van der Waals surface area contributed by atoms with Gasteiger partial charge >= 0.3 is 0 Å². The molecule has 6 N–H and O–H groups in total. The van der Waals surface area contributed by atoms with E-state index in [0.717, 1.165) is 6.07 Å². The van der Waals surface area contributed by atoms with Gasteiger partial charge in [-0.2, -0.15) is 0 Å². The molecule has 0 bridgehead atoms. The van der Waals surface area contributed by atoms with Gasteiger partial charge in [-0.3, -0.25) is 0 Å². The molecule has 0 aromatic heterocycles. The first-order valence-electron chi connectivity index (χ1n) is 4.67. The molecule has 0 spiro atoms. The molecular formula is C10H15FN2O2. The normalized spacial score (nSPS) is 14.9. The SMILES string of the molecule is NCCC(O)C(O)c1ccc(F)cc1N. The Kier molecular flexibility index (Phi) is 4.02. The van der Waals surface area contributed by atoms with Crippen LogP contribution in [0.5, 0.6) is 0 Å². The van der Waals surface area contributed by atoms with Crippen LogP contribution in [-0.4, -0.2) is 22.9 Å². The number of benzene rings is 1. The van der Waals surface area contributed by atoms with Crippen LogP contribution in [0, 0.1) is 5.82 Å². The number of halogens is 1. The second kappa shape index (κ2) is 5.06. The Labute approximate surface area is 87.3 Å². The molecule has 4 nitrogen and oxygen atoms in total. The molecule has 15 heavy (non-hydrogen) atoms. The third kappa shape index (κ3) is 2.89. The monoisotopic (exact) mass is 214 g/mol. The van der Waals surface area contributed by atoms with Gasteiger partial charge in [0.25, 0.3) is 0 Å². The lowest BCUT2D eigenvalue weighted by Crippen LogP contribution is -2.22. The van der Waals surface area contributed by atoms with E-state index in [1.165, 1.54) is 12.1 Å². The molecule has 0 saturated carbocycles. The van der Waals surface area contributed by atoms with Gasteiger partial charge in [0.1, 0.15) is 11.9 Å². The summed E-state index contributed by atoms with van der Waals surface area (Å²) in [7, 11) is 0. The molecule has 0 saturated heterocycles. The molecule has 5 heteroatoms. The third-order valence-corrected chi connectivity index (χ3v) is 2.19. The van der Waals surface area contributed by atoms with Crippen LogP contribution in [0.4, 0.5) is 10.1 Å². The molecule has 0 radical (unpaired) electrons. The van der Waals surface area contributed by atoms with Crippen LogP contribution in [0.25, 0.3) is 0 Å². The molecule has 1 aromatic rings. The Bertz CT molecular complexity index is 333. The number of aliphatic hydroxyl groups is 2. The molecule has 84 valence electrons. The van der Waals surface area contributed by atoms with Crippen molar-refractivity contribution in [3.8, 4) is 0 Å². The first-order chi connectivity index (χ1) is 7.06. The Morgan fingerprint density at radius 1 is 1.33 bits per heavy atom. The third-order valence-electron chi connectivity index (χ3n) is 2.19. The van der Waals surface area contributed by atoms with Crippen LogP contribution in [0.3, 0.4) is 0 Å². The van der Waals surface area contributed by atoms with Gasteiger partial charge in [0.15, 0.2) is 0 Å². The fourth-order valence-corrected chi connectivity index (χ4v) is 1.35. The van der Waals surface area contributed by atoms with Crippen molar-refractivity contribution in [1.82, 2.24) is 0 Å². The fourth-order valence-electron chi connectivity index (χ4n) is 1.35. The van der Waals surface area contributed by atoms with E-state index < -0.39 is 18.0 Å². The number of hydrogen-bond acceptors (Lipinski definition) is 4. The number of hydrogen-bond donors (Lipinski definition) is 4. The van der Waals surface area contributed by atoms with E-state index in [9.17, 15) is 14.6 Å². The lowest BCUT2D eigenvalue weighted by atomic mass is 10.0. The first-order valence-corrected chi connectivity index (χ1v) is 4.67. The van der Waals surface area contributed by atoms with E-state index in [2.05, 4.69) is 0 Å². The summed E-state index contributed by atoms with van der Waals surface area (Å²) in [6, 6.07) is 3.65. The highest BCUT2D eigenvalue weighted by Gasteiger charge is 2.19. The summed E-state index contributed by atoms with van der Waals surface area (Å²) >= 11 is 0. The summed E-state index contributed by atoms with van der Waals surface area (Å²) in [5, 5.41) is 19.2. The standard InChI is InChI=1S/C10H15FN2O2/c11-6-1-2-7(8(13)5-6)10(15)9(14)3-4-12/h1-2,5,9-10,14-15H,3-4,12-13H2. The lowest BCUT2D eigenvalue weighted by Gasteiger charge is -2.18. The van der Waals surface area contributed by atoms with Crippen LogP contribution in [-0.2, 0) is 0 Å². The van der Waals surface area contributed by atoms with Crippen molar-refractivity contribution in [2.75, 3.05) is 12.3 Å². The summed E-state index contributed by atoms with van der Waals surface area (Å²) in [6.07, 6.45) is -1.85. The lowest BCUT2D eigenvalue weighted by molar-refractivity contribution is 0.0154. The predicted molar refractivity (Wildman–Crippen MR) is 55.5 cm³/mol. The molecule has 1 rings (SSSR count). The van der Waals surface area contributed by atoms with Crippen molar-refractivity contribution in [3.05, 3.63) is 29.6 Å². The van der Waals surface area contributed by atoms with E-state index in [-0.39, 0.29) is 18.7 Å². The predicted octanol–water partition coefficient (Wildman–Crippen LogP) is 0.151. The molecule has 0 amide bonds. The van der Waals surface area contributed by atoms with Crippen LogP contribution in [0.15, 0.2) is 18.2 Å². The van der Waals surface area contributed by atoms with Gasteiger partial charge in [-0.25, -0.2) is 4.39 Å². The zero-order valence-electron chi connectivity index (χ0n) is 8.23. The zero-order valence-corrected chi connectivity index (χ0v) is 8.23. The smallest absolute Gasteiger partial charge is 0.125 e. The minimum atomic E-state index is -1.13. The topological polar surface area (TPSA) is 92.5 Å². The number of anilines is 1. The van der Waals surface area contributed by atoms with Gasteiger partial charge in [-0.1, -0.05) is 6.07 Å². The van der Waals surface area contributed by atoms with Crippen molar-refractivity contribution in [3.63, 3.8) is 0 Å². The second-order valence-electron chi connectivity index (χ2n) is 3.36. The minimum Gasteiger partial charge on any atom is -0.398 e. The van der Waals surface area contributed by atoms with Gasteiger partial charge in [0, 0.05) is 11.3 Å². The molecule has 0 aliphatic carbocycles. The van der Waals surface area contributed by atoms with Crippen molar-refractivity contribution >= 4 is 5.69 Å². The van der Waals surface area contributed by atoms with Crippen LogP contribution < -0.4 is 11.5 Å². The summed E-state index contributed by atoms with van der Waals surface area (Å²) in [5.41, 5.74) is 11.2. The fraction of sp³-hybridized carbons (Fsp3) is 0.400. The number of aliphatic hydroxyl groups excluding tert-OH is 2. The van der Waals surface area contributed by atoms with E-state index in [1.54, 1.807) is 0 Å². The van der Waals surface area contributed by atoms with Crippen LogP contribution in [0.1, 0.15) is 18.1 Å². The van der Waals surface area contributed by atoms with Crippen LogP contribution >= 0.6 is 0 Å².